The van der Waals surface area contributed by atoms with Crippen LogP contribution in [-0.2, 0) is 9.53 Å². The standard InChI is InChI=1S/C11H9FN6.C9H16O2/c12-6-1-2-9-15-4-8(18(9)5-6)11-16-3-7(13)10(14)17-11;1-2-11-9(10)8-6-4-3-5-7-8/h1-5H,13H2,(H2,14,16,17);8H,2-7H2,1H3. The number of hydrogen-bond donors (Lipinski definition) is 2. The van der Waals surface area contributed by atoms with Gasteiger partial charge in [0.25, 0.3) is 0 Å². The molecule has 1 aliphatic carbocycles. The molecule has 9 heteroatoms. The molecule has 0 radical (unpaired) electrons. The van der Waals surface area contributed by atoms with E-state index in [-0.39, 0.29) is 23.5 Å². The van der Waals surface area contributed by atoms with Gasteiger partial charge in [-0.3, -0.25) is 9.20 Å². The van der Waals surface area contributed by atoms with Gasteiger partial charge < -0.3 is 16.2 Å². The van der Waals surface area contributed by atoms with Gasteiger partial charge in [0, 0.05) is 6.20 Å². The summed E-state index contributed by atoms with van der Waals surface area (Å²) in [7, 11) is 0. The molecule has 0 bridgehead atoms. The summed E-state index contributed by atoms with van der Waals surface area (Å²) in [6.45, 7) is 2.38. The molecule has 8 nitrogen and oxygen atoms in total. The number of pyridine rings is 1. The smallest absolute Gasteiger partial charge is 0.308 e. The predicted molar refractivity (Wildman–Crippen MR) is 108 cm³/mol. The molecule has 0 amide bonds. The molecule has 29 heavy (non-hydrogen) atoms. The first kappa shape index (κ1) is 20.5. The first-order chi connectivity index (χ1) is 14.0. The van der Waals surface area contributed by atoms with Crippen LogP contribution in [0.25, 0.3) is 17.2 Å². The molecule has 0 spiro atoms. The first-order valence-corrected chi connectivity index (χ1v) is 9.67. The Balaban J connectivity index is 0.000000188. The molecule has 0 aliphatic heterocycles. The van der Waals surface area contributed by atoms with Gasteiger partial charge >= 0.3 is 5.97 Å². The number of carbonyl (C=O) groups is 1. The Labute approximate surface area is 168 Å². The molecule has 3 aromatic rings. The molecular weight excluding hydrogens is 375 g/mol. The Morgan fingerprint density at radius 1 is 1.21 bits per heavy atom. The molecule has 1 saturated carbocycles. The summed E-state index contributed by atoms with van der Waals surface area (Å²) in [5, 5.41) is 0. The number of nitrogens with zero attached hydrogens (tertiary/aromatic N) is 4. The van der Waals surface area contributed by atoms with Crippen LogP contribution in [0, 0.1) is 11.7 Å². The van der Waals surface area contributed by atoms with Crippen LogP contribution in [0.1, 0.15) is 39.0 Å². The molecule has 0 unspecified atom stereocenters. The summed E-state index contributed by atoms with van der Waals surface area (Å²) in [5.41, 5.74) is 12.6. The van der Waals surface area contributed by atoms with Crippen molar-refractivity contribution in [2.24, 2.45) is 5.92 Å². The second kappa shape index (κ2) is 9.31. The van der Waals surface area contributed by atoms with E-state index < -0.39 is 0 Å². The van der Waals surface area contributed by atoms with E-state index >= 15 is 0 Å². The number of hydrogen-bond acceptors (Lipinski definition) is 7. The van der Waals surface area contributed by atoms with Crippen molar-refractivity contribution in [3.05, 3.63) is 36.5 Å². The molecule has 0 saturated heterocycles. The van der Waals surface area contributed by atoms with Crippen molar-refractivity contribution in [1.82, 2.24) is 19.4 Å². The fraction of sp³-hybridized carbons (Fsp3) is 0.400. The summed E-state index contributed by atoms with van der Waals surface area (Å²) >= 11 is 0. The molecule has 154 valence electrons. The van der Waals surface area contributed by atoms with Crippen molar-refractivity contribution < 1.29 is 13.9 Å². The van der Waals surface area contributed by atoms with Gasteiger partial charge in [0.05, 0.1) is 30.6 Å². The van der Waals surface area contributed by atoms with E-state index in [1.165, 1.54) is 37.7 Å². The maximum Gasteiger partial charge on any atom is 0.308 e. The lowest BCUT2D eigenvalue weighted by molar-refractivity contribution is -0.149. The van der Waals surface area contributed by atoms with E-state index in [9.17, 15) is 9.18 Å². The number of halogens is 1. The molecule has 0 atom stereocenters. The zero-order chi connectivity index (χ0) is 20.8. The van der Waals surface area contributed by atoms with Gasteiger partial charge in [-0.15, -0.1) is 0 Å². The largest absolute Gasteiger partial charge is 0.466 e. The normalized spacial score (nSPS) is 14.3. The number of imidazole rings is 1. The average molecular weight is 400 g/mol. The van der Waals surface area contributed by atoms with Crippen LogP contribution < -0.4 is 11.5 Å². The number of aromatic nitrogens is 4. The van der Waals surface area contributed by atoms with Crippen molar-refractivity contribution in [3.8, 4) is 11.5 Å². The molecule has 0 aromatic carbocycles. The van der Waals surface area contributed by atoms with Crippen molar-refractivity contribution in [2.75, 3.05) is 18.1 Å². The minimum absolute atomic E-state index is 0.0206. The second-order valence-corrected chi connectivity index (χ2v) is 6.84. The van der Waals surface area contributed by atoms with E-state index in [0.29, 0.717) is 29.5 Å². The third kappa shape index (κ3) is 4.98. The van der Waals surface area contributed by atoms with Crippen LogP contribution >= 0.6 is 0 Å². The fourth-order valence-corrected chi connectivity index (χ4v) is 3.25. The van der Waals surface area contributed by atoms with Gasteiger partial charge in [0.15, 0.2) is 11.6 Å². The Hall–Kier alpha value is -3.23. The molecule has 3 heterocycles. The van der Waals surface area contributed by atoms with Crippen molar-refractivity contribution in [2.45, 2.75) is 39.0 Å². The highest BCUT2D eigenvalue weighted by Crippen LogP contribution is 2.24. The first-order valence-electron chi connectivity index (χ1n) is 9.67. The lowest BCUT2D eigenvalue weighted by Gasteiger charge is -2.19. The molecule has 1 fully saturated rings. The quantitative estimate of drug-likeness (QED) is 0.647. The minimum atomic E-state index is -0.370. The van der Waals surface area contributed by atoms with Crippen LogP contribution in [0.2, 0.25) is 0 Å². The van der Waals surface area contributed by atoms with E-state index in [4.69, 9.17) is 16.2 Å². The summed E-state index contributed by atoms with van der Waals surface area (Å²) < 4.78 is 19.7. The number of esters is 1. The summed E-state index contributed by atoms with van der Waals surface area (Å²) in [5.74, 6) is 0.396. The van der Waals surface area contributed by atoms with Crippen LogP contribution in [0.5, 0.6) is 0 Å². The SMILES string of the molecule is CCOC(=O)C1CCCCC1.Nc1cnc(-c2cnc3ccc(F)cn23)nc1N. The fourth-order valence-electron chi connectivity index (χ4n) is 3.25. The average Bonchev–Trinajstić information content (AvgIpc) is 3.14. The lowest BCUT2D eigenvalue weighted by atomic mass is 9.89. The second-order valence-electron chi connectivity index (χ2n) is 6.84. The zero-order valence-corrected chi connectivity index (χ0v) is 16.3. The van der Waals surface area contributed by atoms with Crippen molar-refractivity contribution in [3.63, 3.8) is 0 Å². The number of fused-ring (bicyclic) bond motifs is 1. The van der Waals surface area contributed by atoms with E-state index in [0.717, 1.165) is 12.8 Å². The molecular formula is C20H25FN6O2. The van der Waals surface area contributed by atoms with Crippen LogP contribution in [0.15, 0.2) is 30.7 Å². The highest BCUT2D eigenvalue weighted by Gasteiger charge is 2.21. The zero-order valence-electron chi connectivity index (χ0n) is 16.3. The minimum Gasteiger partial charge on any atom is -0.466 e. The lowest BCUT2D eigenvalue weighted by Crippen LogP contribution is -2.20. The van der Waals surface area contributed by atoms with Crippen LogP contribution in [0.4, 0.5) is 15.9 Å². The summed E-state index contributed by atoms with van der Waals surface area (Å²) in [6, 6.07) is 2.91. The number of carbonyl (C=O) groups excluding carboxylic acids is 1. The Kier molecular flexibility index (Phi) is 6.58. The van der Waals surface area contributed by atoms with Gasteiger partial charge in [-0.2, -0.15) is 0 Å². The number of nitrogens with two attached hydrogens (primary N) is 2. The third-order valence-corrected chi connectivity index (χ3v) is 4.77. The van der Waals surface area contributed by atoms with Gasteiger partial charge in [-0.05, 0) is 31.9 Å². The van der Waals surface area contributed by atoms with Gasteiger partial charge in [-0.1, -0.05) is 19.3 Å². The number of anilines is 2. The van der Waals surface area contributed by atoms with Crippen LogP contribution in [-0.4, -0.2) is 31.9 Å². The summed E-state index contributed by atoms with van der Waals surface area (Å²) in [6.07, 6.45) is 10.0. The Morgan fingerprint density at radius 2 is 1.97 bits per heavy atom. The number of rotatable bonds is 3. The highest BCUT2D eigenvalue weighted by atomic mass is 19.1. The van der Waals surface area contributed by atoms with Gasteiger partial charge in [-0.25, -0.2) is 19.3 Å². The molecule has 1 aliphatic rings. The highest BCUT2D eigenvalue weighted by molar-refractivity contribution is 5.72. The maximum atomic E-state index is 13.2. The van der Waals surface area contributed by atoms with Gasteiger partial charge in [0.2, 0.25) is 0 Å². The third-order valence-electron chi connectivity index (χ3n) is 4.77. The topological polar surface area (TPSA) is 121 Å². The van der Waals surface area contributed by atoms with Crippen LogP contribution in [0.3, 0.4) is 0 Å². The molecule has 4 N–H and O–H groups in total. The Bertz CT molecular complexity index is 984. The van der Waals surface area contributed by atoms with E-state index in [1.807, 2.05) is 6.92 Å². The Morgan fingerprint density at radius 3 is 2.66 bits per heavy atom. The van der Waals surface area contributed by atoms with Crippen molar-refractivity contribution >= 4 is 23.1 Å². The monoisotopic (exact) mass is 400 g/mol. The summed E-state index contributed by atoms with van der Waals surface area (Å²) in [4.78, 5) is 23.4. The van der Waals surface area contributed by atoms with E-state index in [2.05, 4.69) is 15.0 Å². The molecule has 3 aromatic heterocycles. The number of nitrogen functional groups attached to an aromatic ring is 2. The van der Waals surface area contributed by atoms with Crippen molar-refractivity contribution in [1.29, 1.82) is 0 Å². The van der Waals surface area contributed by atoms with E-state index in [1.54, 1.807) is 16.7 Å². The number of ether oxygens (including phenoxy) is 1. The predicted octanol–water partition coefficient (Wildman–Crippen LogP) is 3.22. The van der Waals surface area contributed by atoms with Gasteiger partial charge in [0.1, 0.15) is 17.2 Å². The molecule has 4 rings (SSSR count). The maximum absolute atomic E-state index is 13.2.